The highest BCUT2D eigenvalue weighted by atomic mass is 16.4. The number of amides is 9. The summed E-state index contributed by atoms with van der Waals surface area (Å²) >= 11 is 0. The van der Waals surface area contributed by atoms with Crippen LogP contribution in [0, 0.1) is 23.7 Å². The molecular weight excluding hydrogens is 1800 g/mol. The van der Waals surface area contributed by atoms with Gasteiger partial charge in [0.2, 0.25) is 35.5 Å². The average molecular weight is 1920 g/mol. The summed E-state index contributed by atoms with van der Waals surface area (Å²) in [6, 6.07) is 28.8. The number of nitrogens with zero attached hydrogens (tertiary/aromatic N) is 24. The molecule has 4 aromatic carbocycles. The summed E-state index contributed by atoms with van der Waals surface area (Å²) in [6.07, 6.45) is 13.4. The Morgan fingerprint density at radius 1 is 0.440 bits per heavy atom. The number of tetrazole rings is 2. The van der Waals surface area contributed by atoms with Gasteiger partial charge in [-0.05, 0) is 274 Å². The lowest BCUT2D eigenvalue weighted by Gasteiger charge is -2.41. The molecule has 0 bridgehead atoms. The third-order valence-corrected chi connectivity index (χ3v) is 31.1. The van der Waals surface area contributed by atoms with Gasteiger partial charge in [0.05, 0.1) is 55.5 Å². The van der Waals surface area contributed by atoms with Crippen LogP contribution in [0.25, 0.3) is 44.3 Å². The number of fused-ring (bicyclic) bond motifs is 6. The van der Waals surface area contributed by atoms with Crippen LogP contribution in [0.5, 0.6) is 0 Å². The normalized spacial score (nSPS) is 21.6. The van der Waals surface area contributed by atoms with E-state index < -0.39 is 64.6 Å². The van der Waals surface area contributed by atoms with E-state index in [1.807, 2.05) is 112 Å². The molecule has 41 nitrogen and oxygen atoms in total. The van der Waals surface area contributed by atoms with Gasteiger partial charge in [-0.25, -0.2) is 24.1 Å². The van der Waals surface area contributed by atoms with Gasteiger partial charge in [-0.15, -0.1) is 0 Å². The van der Waals surface area contributed by atoms with Crippen molar-refractivity contribution in [1.29, 1.82) is 0 Å². The molecule has 12 aliphatic heterocycles. The van der Waals surface area contributed by atoms with Crippen molar-refractivity contribution in [2.24, 2.45) is 23.7 Å². The average Bonchev–Trinajstić information content (AvgIpc) is 1.76. The molecule has 18 heterocycles. The smallest absolute Gasteiger partial charge is 0.335 e. The lowest BCUT2D eigenvalue weighted by Crippen LogP contribution is -2.54. The van der Waals surface area contributed by atoms with Crippen molar-refractivity contribution in [2.45, 2.75) is 142 Å². The highest BCUT2D eigenvalue weighted by molar-refractivity contribution is 6.25. The highest BCUT2D eigenvalue weighted by Crippen LogP contribution is 2.43. The van der Waals surface area contributed by atoms with Gasteiger partial charge in [0.25, 0.3) is 29.5 Å². The van der Waals surface area contributed by atoms with E-state index in [0.29, 0.717) is 74.4 Å². The predicted molar refractivity (Wildman–Crippen MR) is 528 cm³/mol. The number of pyridine rings is 2. The van der Waals surface area contributed by atoms with Gasteiger partial charge in [-0.3, -0.25) is 83.6 Å². The lowest BCUT2D eigenvalue weighted by atomic mass is 9.89. The molecule has 8 saturated heterocycles. The number of piperazine rings is 2. The van der Waals surface area contributed by atoms with E-state index in [0.717, 1.165) is 251 Å². The van der Waals surface area contributed by atoms with Crippen molar-refractivity contribution in [1.82, 2.24) is 111 Å². The fourth-order valence-electron chi connectivity index (χ4n) is 22.9. The van der Waals surface area contributed by atoms with Gasteiger partial charge in [-0.1, -0.05) is 10.2 Å². The predicted octanol–water partition coefficient (Wildman–Crippen LogP) is 7.44. The van der Waals surface area contributed by atoms with Crippen LogP contribution in [0.15, 0.2) is 132 Å². The van der Waals surface area contributed by atoms with E-state index in [2.05, 4.69) is 114 Å². The zero-order chi connectivity index (χ0) is 98.1. The number of imide groups is 4. The van der Waals surface area contributed by atoms with Crippen molar-refractivity contribution in [3.63, 3.8) is 0 Å². The number of allylic oxidation sites excluding steroid dienone is 2. The number of H-pyrrole nitrogens is 2. The second-order valence-corrected chi connectivity index (χ2v) is 40.5. The maximum Gasteiger partial charge on any atom is 0.335 e. The Morgan fingerprint density at radius 2 is 0.830 bits per heavy atom. The molecule has 0 saturated carbocycles. The number of nitrogens with one attached hydrogen (secondary N) is 5. The lowest BCUT2D eigenvalue weighted by molar-refractivity contribution is -0.137. The number of aromatic nitrogens is 14. The van der Waals surface area contributed by atoms with E-state index in [1.165, 1.54) is 30.4 Å². The first kappa shape index (κ1) is 94.3. The van der Waals surface area contributed by atoms with Crippen LogP contribution < -0.4 is 51.1 Å². The number of carboxylic acids is 1. The molecular formula is C100H120N30O11. The van der Waals surface area contributed by atoms with Crippen LogP contribution in [0.1, 0.15) is 160 Å². The number of carboxylic acid groups (broad SMARTS) is 1. The molecule has 0 radical (unpaired) electrons. The van der Waals surface area contributed by atoms with Gasteiger partial charge in [0, 0.05) is 200 Å². The van der Waals surface area contributed by atoms with E-state index in [9.17, 15) is 53.1 Å². The molecule has 0 spiro atoms. The Balaban J connectivity index is 0.000000152. The minimum absolute atomic E-state index is 0.1000. The number of nitrogen functional groups attached to an aromatic ring is 1. The molecule has 22 rings (SSSR count). The number of aliphatic carboxylic acids is 1. The fraction of sp³-hybridized carbons (Fsp3) is 0.480. The van der Waals surface area contributed by atoms with Crippen molar-refractivity contribution in [3.05, 3.63) is 154 Å². The zero-order valence-corrected chi connectivity index (χ0v) is 80.8. The second-order valence-electron chi connectivity index (χ2n) is 40.5. The summed E-state index contributed by atoms with van der Waals surface area (Å²) < 4.78 is 3.19. The molecule has 8 fully saturated rings. The van der Waals surface area contributed by atoms with Crippen LogP contribution in [-0.4, -0.2) is 321 Å². The van der Waals surface area contributed by atoms with Crippen molar-refractivity contribution >= 4 is 127 Å². The van der Waals surface area contributed by atoms with Crippen molar-refractivity contribution < 1.29 is 53.1 Å². The Morgan fingerprint density at radius 3 is 1.26 bits per heavy atom. The Kier molecular flexibility index (Phi) is 25.9. The number of likely N-dealkylation sites (tertiary alicyclic amines) is 2. The first-order valence-corrected chi connectivity index (χ1v) is 49.2. The first-order chi connectivity index (χ1) is 67.9. The molecule has 0 aliphatic carbocycles. The third-order valence-electron chi connectivity index (χ3n) is 31.1. The number of benzene rings is 4. The van der Waals surface area contributed by atoms with Gasteiger partial charge in [0.1, 0.15) is 35.1 Å². The summed E-state index contributed by atoms with van der Waals surface area (Å²) in [5.41, 5.74) is 17.0. The molecule has 8 N–H and O–H groups in total. The van der Waals surface area contributed by atoms with Crippen molar-refractivity contribution in [3.8, 4) is 22.5 Å². The van der Waals surface area contributed by atoms with Crippen LogP contribution in [0.3, 0.4) is 0 Å². The SMILES string of the molecule is CC1=C(C(=O)Nc2ccc3[nH]nc(-c4ccnc(N5CCN(CC6CCN(CC7CCN(c8ccc9c(c8)C(=O)N(C8CCC(=O)NC8=O)C9=O)CC7)CC6)CC5)c4)c3c2)C(C)(C)n2nnnc2N1C.CC1=C(C(=O)O)C(C)(C)n2nnnc2N1C.Nc1ccc2[nH]nc(-c3ccnc(N4CCN(CC5CCN(CC6CCN(c7ccc8c(c7)C(=O)N(C7CCC(=O)NC7=O)C8=O)CC6)CC5)CC4)c3)c2c1. The summed E-state index contributed by atoms with van der Waals surface area (Å²) in [7, 11) is 3.60. The number of hydrogen-bond acceptors (Lipinski definition) is 31. The minimum Gasteiger partial charge on any atom is -0.478 e. The van der Waals surface area contributed by atoms with Crippen LogP contribution in [-0.2, 0) is 39.8 Å². The molecule has 141 heavy (non-hydrogen) atoms. The molecule has 736 valence electrons. The monoisotopic (exact) mass is 1920 g/mol. The topological polar surface area (TPSA) is 462 Å². The van der Waals surface area contributed by atoms with E-state index >= 15 is 0 Å². The number of aromatic amines is 2. The first-order valence-electron chi connectivity index (χ1n) is 49.2. The summed E-state index contributed by atoms with van der Waals surface area (Å²) in [5.74, 6) is 0.748. The molecule has 12 aliphatic rings. The van der Waals surface area contributed by atoms with E-state index in [-0.39, 0.29) is 43.4 Å². The van der Waals surface area contributed by atoms with Gasteiger partial charge in [0.15, 0.2) is 0 Å². The summed E-state index contributed by atoms with van der Waals surface area (Å²) in [4.78, 5) is 161. The van der Waals surface area contributed by atoms with Gasteiger partial charge in [-0.2, -0.15) is 10.2 Å². The maximum atomic E-state index is 13.9. The number of carbonyl (C=O) groups excluding carboxylic acids is 9. The fourth-order valence-corrected chi connectivity index (χ4v) is 22.9. The molecule has 9 amide bonds. The number of carbonyl (C=O) groups is 10. The quantitative estimate of drug-likeness (QED) is 0.0305. The number of hydrogen-bond donors (Lipinski definition) is 7. The second kappa shape index (κ2) is 38.7. The molecule has 10 aromatic rings. The maximum absolute atomic E-state index is 13.9. The molecule has 6 aromatic heterocycles. The van der Waals surface area contributed by atoms with E-state index in [4.69, 9.17) is 20.8 Å². The van der Waals surface area contributed by atoms with Crippen LogP contribution in [0.2, 0.25) is 0 Å². The molecule has 41 heteroatoms. The van der Waals surface area contributed by atoms with E-state index in [1.54, 1.807) is 55.6 Å². The number of piperidine rings is 6. The largest absolute Gasteiger partial charge is 0.478 e. The Bertz CT molecular complexity index is 6640. The minimum atomic E-state index is -0.963. The number of anilines is 8. The summed E-state index contributed by atoms with van der Waals surface area (Å²) in [5, 5.41) is 57.9. The highest BCUT2D eigenvalue weighted by Gasteiger charge is 2.49. The van der Waals surface area contributed by atoms with Crippen molar-refractivity contribution in [2.75, 3.05) is 185 Å². The standard InChI is InChI=1S/C50H59N15O5.C41H48N10O4.C9H13N5O2/c1-30-43(50(2,3)65-49(59(30)4)56-57-58-65)46(68)52-34-5-8-39-38(26-34)44(55-54-39)33-11-16-51-41(25-33)63-23-21-61(22-24-63)29-31-12-17-60(18-13-31)28-32-14-19-62(20-15-32)35-6-7-36-37(27-35)48(70)64(47(36)69)40-9-10-42(66)53-45(40)67;42-29-1-4-34-33(22-29)38(46-45-34)28-7-12-43-36(21-28)50-19-17-48(18-20-50)25-26-8-13-47(14-9-26)24-27-10-15-49(16-11-27)30-2-3-31-32(23-30)41(55)51(40(31)54)35-5-6-37(52)44-39(35)53;1-5-6(7(15)16)9(2,3)14-8(13(5)4)10-11-12-14/h5-8,11,16,25-27,31-32,40H,9-10,12-15,17-24,28-29H2,1-4H3,(H,52,68)(H,54,55)(H,53,66,67);1-4,7,12,21-23,26-27,35H,5-6,8-11,13-20,24-25,42H2,(H,45,46)(H,44,52,53);1-4H3,(H,15,16). The molecule has 2 unspecified atom stereocenters. The molecule has 2 atom stereocenters. The number of rotatable bonds is 19. The Hall–Kier alpha value is -14.3. The third kappa shape index (κ3) is 18.6. The van der Waals surface area contributed by atoms with Gasteiger partial charge < -0.3 is 55.4 Å². The van der Waals surface area contributed by atoms with Gasteiger partial charge >= 0.3 is 5.97 Å². The Labute approximate surface area is 814 Å². The van der Waals surface area contributed by atoms with Crippen LogP contribution in [0.4, 0.5) is 46.3 Å². The summed E-state index contributed by atoms with van der Waals surface area (Å²) in [6.45, 7) is 31.5. The zero-order valence-electron chi connectivity index (χ0n) is 80.8. The number of nitrogens with two attached hydrogens (primary N) is 1. The van der Waals surface area contributed by atoms with Crippen LogP contribution >= 0.6 is 0 Å².